The zero-order chi connectivity index (χ0) is 13.2. The highest BCUT2D eigenvalue weighted by Crippen LogP contribution is 2.28. The Labute approximate surface area is 115 Å². The highest BCUT2D eigenvalue weighted by atomic mass is 32.1. The number of nitrogens with two attached hydrogens (primary N) is 1. The Morgan fingerprint density at radius 2 is 2.11 bits per heavy atom. The first-order chi connectivity index (χ1) is 9.20. The molecule has 19 heavy (non-hydrogen) atoms. The quantitative estimate of drug-likeness (QED) is 0.933. The Morgan fingerprint density at radius 1 is 1.32 bits per heavy atom. The number of rotatable bonds is 3. The molecule has 0 spiro atoms. The number of aromatic nitrogens is 3. The molecule has 0 amide bonds. The summed E-state index contributed by atoms with van der Waals surface area (Å²) >= 11 is 1.42. The van der Waals surface area contributed by atoms with Gasteiger partial charge in [0.15, 0.2) is 5.13 Å². The lowest BCUT2D eigenvalue weighted by atomic mass is 10.3. The fraction of sp³-hybridized carbons (Fsp3) is 0.462. The van der Waals surface area contributed by atoms with Crippen molar-refractivity contribution in [2.24, 2.45) is 0 Å². The molecule has 0 saturated heterocycles. The number of thiazole rings is 1. The highest BCUT2D eigenvalue weighted by molar-refractivity contribution is 7.18. The summed E-state index contributed by atoms with van der Waals surface area (Å²) in [4.78, 5) is 13.8. The SMILES string of the molecule is Cc1cc(-c2cnc(N)s2)nc(OC2CCCC2)n1. The van der Waals surface area contributed by atoms with Crippen molar-refractivity contribution >= 4 is 16.5 Å². The van der Waals surface area contributed by atoms with Crippen LogP contribution in [0.4, 0.5) is 5.13 Å². The lowest BCUT2D eigenvalue weighted by molar-refractivity contribution is 0.192. The van der Waals surface area contributed by atoms with Gasteiger partial charge >= 0.3 is 6.01 Å². The molecule has 0 bridgehead atoms. The van der Waals surface area contributed by atoms with Crippen molar-refractivity contribution in [2.45, 2.75) is 38.7 Å². The minimum Gasteiger partial charge on any atom is -0.460 e. The Kier molecular flexibility index (Phi) is 3.33. The van der Waals surface area contributed by atoms with Gasteiger partial charge < -0.3 is 10.5 Å². The number of hydrogen-bond donors (Lipinski definition) is 1. The smallest absolute Gasteiger partial charge is 0.317 e. The fourth-order valence-corrected chi connectivity index (χ4v) is 2.93. The third-order valence-corrected chi connectivity index (χ3v) is 4.03. The van der Waals surface area contributed by atoms with Crippen LogP contribution < -0.4 is 10.5 Å². The third-order valence-electron chi connectivity index (χ3n) is 3.18. The van der Waals surface area contributed by atoms with E-state index in [1.54, 1.807) is 6.20 Å². The van der Waals surface area contributed by atoms with E-state index >= 15 is 0 Å². The van der Waals surface area contributed by atoms with Crippen LogP contribution in [0.5, 0.6) is 6.01 Å². The summed E-state index contributed by atoms with van der Waals surface area (Å²) in [6.45, 7) is 1.94. The first-order valence-corrected chi connectivity index (χ1v) is 7.26. The van der Waals surface area contributed by atoms with Gasteiger partial charge in [-0.2, -0.15) is 4.98 Å². The molecule has 0 atom stereocenters. The van der Waals surface area contributed by atoms with Crippen LogP contribution in [0.1, 0.15) is 31.4 Å². The lowest BCUT2D eigenvalue weighted by Crippen LogP contribution is -2.13. The minimum absolute atomic E-state index is 0.265. The monoisotopic (exact) mass is 276 g/mol. The van der Waals surface area contributed by atoms with Crippen LogP contribution in [0.3, 0.4) is 0 Å². The number of aryl methyl sites for hydroxylation is 1. The maximum atomic E-state index is 5.86. The average Bonchev–Trinajstić information content (AvgIpc) is 3.00. The van der Waals surface area contributed by atoms with Gasteiger partial charge in [0.25, 0.3) is 0 Å². The molecule has 5 nitrogen and oxygen atoms in total. The van der Waals surface area contributed by atoms with Crippen LogP contribution >= 0.6 is 11.3 Å². The first kappa shape index (κ1) is 12.3. The molecule has 1 aliphatic rings. The van der Waals surface area contributed by atoms with Gasteiger partial charge in [-0.3, -0.25) is 0 Å². The molecule has 0 unspecified atom stereocenters. The van der Waals surface area contributed by atoms with Crippen molar-refractivity contribution in [3.63, 3.8) is 0 Å². The highest BCUT2D eigenvalue weighted by Gasteiger charge is 2.18. The maximum absolute atomic E-state index is 5.86. The van der Waals surface area contributed by atoms with Gasteiger partial charge in [-0.05, 0) is 38.7 Å². The van der Waals surface area contributed by atoms with E-state index in [1.807, 2.05) is 13.0 Å². The molecule has 0 radical (unpaired) electrons. The van der Waals surface area contributed by atoms with E-state index in [2.05, 4.69) is 15.0 Å². The summed E-state index contributed by atoms with van der Waals surface area (Å²) < 4.78 is 5.86. The van der Waals surface area contributed by atoms with Crippen LogP contribution in [0, 0.1) is 6.92 Å². The Balaban J connectivity index is 1.87. The molecule has 1 aliphatic carbocycles. The van der Waals surface area contributed by atoms with Gasteiger partial charge in [-0.1, -0.05) is 11.3 Å². The van der Waals surface area contributed by atoms with Crippen LogP contribution in [-0.2, 0) is 0 Å². The normalized spacial score (nSPS) is 15.8. The Hall–Kier alpha value is -1.69. The van der Waals surface area contributed by atoms with Gasteiger partial charge in [-0.15, -0.1) is 0 Å². The Morgan fingerprint density at radius 3 is 2.79 bits per heavy atom. The molecular weight excluding hydrogens is 260 g/mol. The maximum Gasteiger partial charge on any atom is 0.317 e. The summed E-state index contributed by atoms with van der Waals surface area (Å²) in [5, 5.41) is 0.546. The van der Waals surface area contributed by atoms with Crippen LogP contribution in [0.15, 0.2) is 12.3 Å². The predicted molar refractivity (Wildman–Crippen MR) is 75.2 cm³/mol. The summed E-state index contributed by atoms with van der Waals surface area (Å²) in [6, 6.07) is 2.39. The van der Waals surface area contributed by atoms with Crippen LogP contribution in [0.2, 0.25) is 0 Å². The zero-order valence-corrected chi connectivity index (χ0v) is 11.6. The van der Waals surface area contributed by atoms with E-state index < -0.39 is 0 Å². The average molecular weight is 276 g/mol. The fourth-order valence-electron chi connectivity index (χ4n) is 2.28. The molecule has 6 heteroatoms. The van der Waals surface area contributed by atoms with Crippen molar-refractivity contribution in [2.75, 3.05) is 5.73 Å². The van der Waals surface area contributed by atoms with E-state index in [-0.39, 0.29) is 6.10 Å². The molecule has 2 aromatic heterocycles. The molecule has 0 aromatic carbocycles. The molecule has 2 aromatic rings. The number of nitrogen functional groups attached to an aromatic ring is 1. The van der Waals surface area contributed by atoms with E-state index in [0.29, 0.717) is 11.1 Å². The van der Waals surface area contributed by atoms with Crippen molar-refractivity contribution < 1.29 is 4.74 Å². The molecule has 2 heterocycles. The number of ether oxygens (including phenoxy) is 1. The van der Waals surface area contributed by atoms with Crippen molar-refractivity contribution in [3.05, 3.63) is 18.0 Å². The number of hydrogen-bond acceptors (Lipinski definition) is 6. The van der Waals surface area contributed by atoms with E-state index in [9.17, 15) is 0 Å². The van der Waals surface area contributed by atoms with Crippen molar-refractivity contribution in [1.29, 1.82) is 0 Å². The lowest BCUT2D eigenvalue weighted by Gasteiger charge is -2.12. The summed E-state index contributed by atoms with van der Waals surface area (Å²) in [6.07, 6.45) is 6.66. The second-order valence-corrected chi connectivity index (χ2v) is 5.83. The molecule has 3 rings (SSSR count). The molecule has 1 saturated carbocycles. The van der Waals surface area contributed by atoms with Crippen LogP contribution in [-0.4, -0.2) is 21.1 Å². The molecular formula is C13H16N4OS. The second-order valence-electron chi connectivity index (χ2n) is 4.76. The zero-order valence-electron chi connectivity index (χ0n) is 10.8. The molecule has 0 aliphatic heterocycles. The molecule has 2 N–H and O–H groups in total. The predicted octanol–water partition coefficient (Wildman–Crippen LogP) is 2.81. The van der Waals surface area contributed by atoms with Gasteiger partial charge in [0.05, 0.1) is 10.6 Å². The summed E-state index contributed by atoms with van der Waals surface area (Å²) in [5.74, 6) is 0. The standard InChI is InChI=1S/C13H16N4OS/c1-8-6-10(11-7-15-12(14)19-11)17-13(16-8)18-9-4-2-3-5-9/h6-7,9H,2-5H2,1H3,(H2,14,15). The van der Waals surface area contributed by atoms with E-state index in [1.165, 1.54) is 24.2 Å². The minimum atomic E-state index is 0.265. The van der Waals surface area contributed by atoms with E-state index in [4.69, 9.17) is 10.5 Å². The summed E-state index contributed by atoms with van der Waals surface area (Å²) in [7, 11) is 0. The van der Waals surface area contributed by atoms with Gasteiger partial charge in [-0.25, -0.2) is 9.97 Å². The molecule has 1 fully saturated rings. The third kappa shape index (κ3) is 2.84. The number of anilines is 1. The molecule has 100 valence electrons. The largest absolute Gasteiger partial charge is 0.460 e. The summed E-state index contributed by atoms with van der Waals surface area (Å²) in [5.41, 5.74) is 7.38. The van der Waals surface area contributed by atoms with Gasteiger partial charge in [0.2, 0.25) is 0 Å². The van der Waals surface area contributed by atoms with Gasteiger partial charge in [0, 0.05) is 11.9 Å². The topological polar surface area (TPSA) is 73.9 Å². The van der Waals surface area contributed by atoms with Gasteiger partial charge in [0.1, 0.15) is 6.10 Å². The van der Waals surface area contributed by atoms with Crippen molar-refractivity contribution in [3.8, 4) is 16.6 Å². The number of nitrogens with zero attached hydrogens (tertiary/aromatic N) is 3. The van der Waals surface area contributed by atoms with Crippen LogP contribution in [0.25, 0.3) is 10.6 Å². The van der Waals surface area contributed by atoms with Crippen molar-refractivity contribution in [1.82, 2.24) is 15.0 Å². The van der Waals surface area contributed by atoms with E-state index in [0.717, 1.165) is 29.1 Å². The first-order valence-electron chi connectivity index (χ1n) is 6.45. The Bertz CT molecular complexity index is 578. The second kappa shape index (κ2) is 5.13.